The number of rotatable bonds is 6. The van der Waals surface area contributed by atoms with Crippen LogP contribution in [0.2, 0.25) is 0 Å². The average Bonchev–Trinajstić information content (AvgIpc) is 2.61. The summed E-state index contributed by atoms with van der Waals surface area (Å²) in [7, 11) is 6.96. The van der Waals surface area contributed by atoms with Crippen molar-refractivity contribution in [2.45, 2.75) is 32.1 Å². The first kappa shape index (κ1) is 18.6. The lowest BCUT2D eigenvalue weighted by Crippen LogP contribution is -2.37. The Kier molecular flexibility index (Phi) is 6.49. The molecule has 1 heterocycles. The number of nitrogens with zero attached hydrogens (tertiary/aromatic N) is 1. The fraction of sp³-hybridized carbons (Fsp3) is 0.632. The minimum Gasteiger partial charge on any atom is -0.496 e. The zero-order valence-electron chi connectivity index (χ0n) is 15.4. The highest BCUT2D eigenvalue weighted by Crippen LogP contribution is 2.40. The van der Waals surface area contributed by atoms with Crippen molar-refractivity contribution in [3.05, 3.63) is 23.3 Å². The SMILES string of the molecule is CCc1c(OC)cc([C@@H]2CN(C)CC[C@@H]2CC(=O)OC)cc1OC. The van der Waals surface area contributed by atoms with Crippen LogP contribution in [0.3, 0.4) is 0 Å². The molecule has 1 aliphatic heterocycles. The van der Waals surface area contributed by atoms with E-state index in [0.717, 1.165) is 43.0 Å². The molecule has 0 aromatic heterocycles. The minimum absolute atomic E-state index is 0.140. The first-order valence-corrected chi connectivity index (χ1v) is 8.54. The molecule has 1 aromatic rings. The van der Waals surface area contributed by atoms with Crippen LogP contribution in [0.5, 0.6) is 11.5 Å². The van der Waals surface area contributed by atoms with Crippen molar-refractivity contribution in [1.82, 2.24) is 4.90 Å². The molecule has 1 fully saturated rings. The first-order chi connectivity index (χ1) is 11.5. The van der Waals surface area contributed by atoms with E-state index in [0.29, 0.717) is 6.42 Å². The van der Waals surface area contributed by atoms with E-state index in [1.807, 2.05) is 0 Å². The number of likely N-dealkylation sites (N-methyl/N-ethyl adjacent to an activating group) is 1. The summed E-state index contributed by atoms with van der Waals surface area (Å²) in [6.45, 7) is 4.01. The Morgan fingerprint density at radius 2 is 1.83 bits per heavy atom. The third kappa shape index (κ3) is 4.01. The van der Waals surface area contributed by atoms with Crippen LogP contribution in [0.4, 0.5) is 0 Å². The molecule has 0 aliphatic carbocycles. The molecule has 0 unspecified atom stereocenters. The molecule has 5 nitrogen and oxygen atoms in total. The standard InChI is InChI=1S/C19H29NO4/c1-6-15-17(22-3)9-14(10-18(15)23-4)16-12-20(2)8-7-13(16)11-19(21)24-5/h9-10,13,16H,6-8,11-12H2,1-5H3/t13-,16-/m1/s1. The maximum absolute atomic E-state index is 11.8. The predicted octanol–water partition coefficient (Wildman–Crippen LogP) is 2.86. The number of hydrogen-bond donors (Lipinski definition) is 0. The molecule has 0 radical (unpaired) electrons. The summed E-state index contributed by atoms with van der Waals surface area (Å²) >= 11 is 0. The fourth-order valence-electron chi connectivity index (χ4n) is 3.65. The summed E-state index contributed by atoms with van der Waals surface area (Å²) in [6, 6.07) is 4.21. The van der Waals surface area contributed by atoms with Gasteiger partial charge in [-0.3, -0.25) is 4.79 Å². The number of hydrogen-bond acceptors (Lipinski definition) is 5. The summed E-state index contributed by atoms with van der Waals surface area (Å²) in [5, 5.41) is 0. The number of carbonyl (C=O) groups excluding carboxylic acids is 1. The zero-order valence-corrected chi connectivity index (χ0v) is 15.4. The van der Waals surface area contributed by atoms with E-state index in [4.69, 9.17) is 14.2 Å². The minimum atomic E-state index is -0.140. The topological polar surface area (TPSA) is 48.0 Å². The molecule has 0 amide bonds. The molecule has 2 atom stereocenters. The van der Waals surface area contributed by atoms with E-state index in [2.05, 4.69) is 31.0 Å². The van der Waals surface area contributed by atoms with Gasteiger partial charge in [0.05, 0.1) is 21.3 Å². The van der Waals surface area contributed by atoms with Crippen LogP contribution >= 0.6 is 0 Å². The Morgan fingerprint density at radius 1 is 1.21 bits per heavy atom. The van der Waals surface area contributed by atoms with Gasteiger partial charge in [-0.25, -0.2) is 0 Å². The van der Waals surface area contributed by atoms with Crippen LogP contribution in [-0.4, -0.2) is 52.3 Å². The third-order valence-corrected chi connectivity index (χ3v) is 5.03. The maximum Gasteiger partial charge on any atom is 0.305 e. The second kappa shape index (κ2) is 8.38. The predicted molar refractivity (Wildman–Crippen MR) is 93.9 cm³/mol. The van der Waals surface area contributed by atoms with Crippen LogP contribution in [0.15, 0.2) is 12.1 Å². The molecule has 2 rings (SSSR count). The van der Waals surface area contributed by atoms with Crippen molar-refractivity contribution >= 4 is 5.97 Å². The van der Waals surface area contributed by atoms with E-state index in [1.54, 1.807) is 14.2 Å². The van der Waals surface area contributed by atoms with Crippen LogP contribution in [0, 0.1) is 5.92 Å². The Balaban J connectivity index is 2.39. The molecule has 1 aromatic carbocycles. The van der Waals surface area contributed by atoms with E-state index in [-0.39, 0.29) is 17.8 Å². The van der Waals surface area contributed by atoms with Gasteiger partial charge in [0, 0.05) is 24.4 Å². The van der Waals surface area contributed by atoms with Gasteiger partial charge in [-0.1, -0.05) is 6.92 Å². The highest BCUT2D eigenvalue weighted by Gasteiger charge is 2.32. The van der Waals surface area contributed by atoms with Gasteiger partial charge < -0.3 is 19.1 Å². The van der Waals surface area contributed by atoms with Crippen LogP contribution in [0.25, 0.3) is 0 Å². The van der Waals surface area contributed by atoms with Gasteiger partial charge >= 0.3 is 5.97 Å². The molecule has 0 saturated carbocycles. The third-order valence-electron chi connectivity index (χ3n) is 5.03. The molecule has 1 saturated heterocycles. The number of methoxy groups -OCH3 is 3. The summed E-state index contributed by atoms with van der Waals surface area (Å²) < 4.78 is 16.1. The van der Waals surface area contributed by atoms with Gasteiger partial charge in [0.25, 0.3) is 0 Å². The van der Waals surface area contributed by atoms with E-state index >= 15 is 0 Å². The molecule has 0 bridgehead atoms. The Hall–Kier alpha value is -1.75. The van der Waals surface area contributed by atoms with E-state index < -0.39 is 0 Å². The number of piperidine rings is 1. The van der Waals surface area contributed by atoms with E-state index in [9.17, 15) is 4.79 Å². The zero-order chi connectivity index (χ0) is 17.7. The molecule has 24 heavy (non-hydrogen) atoms. The van der Waals surface area contributed by atoms with Crippen molar-refractivity contribution in [2.75, 3.05) is 41.5 Å². The van der Waals surface area contributed by atoms with Gasteiger partial charge in [0.1, 0.15) is 11.5 Å². The van der Waals surface area contributed by atoms with Crippen molar-refractivity contribution in [2.24, 2.45) is 5.92 Å². The second-order valence-electron chi connectivity index (χ2n) is 6.46. The summed E-state index contributed by atoms with van der Waals surface area (Å²) in [5.74, 6) is 2.11. The van der Waals surface area contributed by atoms with Crippen LogP contribution in [-0.2, 0) is 16.0 Å². The van der Waals surface area contributed by atoms with Crippen molar-refractivity contribution in [1.29, 1.82) is 0 Å². The lowest BCUT2D eigenvalue weighted by Gasteiger charge is -2.37. The number of carbonyl (C=O) groups is 1. The molecule has 0 N–H and O–H groups in total. The first-order valence-electron chi connectivity index (χ1n) is 8.54. The van der Waals surface area contributed by atoms with Gasteiger partial charge in [-0.15, -0.1) is 0 Å². The lowest BCUT2D eigenvalue weighted by molar-refractivity contribution is -0.142. The molecular weight excluding hydrogens is 306 g/mol. The van der Waals surface area contributed by atoms with Gasteiger partial charge in [-0.2, -0.15) is 0 Å². The monoisotopic (exact) mass is 335 g/mol. The van der Waals surface area contributed by atoms with Crippen LogP contribution < -0.4 is 9.47 Å². The molecule has 1 aliphatic rings. The van der Waals surface area contributed by atoms with E-state index in [1.165, 1.54) is 12.7 Å². The largest absolute Gasteiger partial charge is 0.496 e. The number of ether oxygens (including phenoxy) is 3. The molecule has 0 spiro atoms. The Labute approximate surface area is 144 Å². The molecule has 5 heteroatoms. The summed E-state index contributed by atoms with van der Waals surface area (Å²) in [5.41, 5.74) is 2.25. The van der Waals surface area contributed by atoms with Gasteiger partial charge in [0.15, 0.2) is 0 Å². The lowest BCUT2D eigenvalue weighted by atomic mass is 9.78. The second-order valence-corrected chi connectivity index (χ2v) is 6.46. The smallest absolute Gasteiger partial charge is 0.305 e. The normalized spacial score (nSPS) is 21.4. The van der Waals surface area contributed by atoms with Crippen LogP contribution in [0.1, 0.15) is 36.8 Å². The van der Waals surface area contributed by atoms with Gasteiger partial charge in [-0.05, 0) is 50.0 Å². The maximum atomic E-state index is 11.8. The highest BCUT2D eigenvalue weighted by atomic mass is 16.5. The highest BCUT2D eigenvalue weighted by molar-refractivity contribution is 5.69. The van der Waals surface area contributed by atoms with Crippen molar-refractivity contribution in [3.8, 4) is 11.5 Å². The summed E-state index contributed by atoms with van der Waals surface area (Å²) in [4.78, 5) is 14.1. The fourth-order valence-corrected chi connectivity index (χ4v) is 3.65. The Morgan fingerprint density at radius 3 is 2.33 bits per heavy atom. The number of esters is 1. The average molecular weight is 335 g/mol. The quantitative estimate of drug-likeness (QED) is 0.748. The number of likely N-dealkylation sites (tertiary alicyclic amines) is 1. The van der Waals surface area contributed by atoms with Gasteiger partial charge in [0.2, 0.25) is 0 Å². The van der Waals surface area contributed by atoms with Crippen molar-refractivity contribution < 1.29 is 19.0 Å². The Bertz CT molecular complexity index is 547. The number of benzene rings is 1. The van der Waals surface area contributed by atoms with Crippen molar-refractivity contribution in [3.63, 3.8) is 0 Å². The molecular formula is C19H29NO4. The summed E-state index contributed by atoms with van der Waals surface area (Å²) in [6.07, 6.45) is 2.29. The molecule has 134 valence electrons.